The van der Waals surface area contributed by atoms with Crippen molar-refractivity contribution in [2.45, 2.75) is 39.2 Å². The van der Waals surface area contributed by atoms with E-state index in [9.17, 15) is 4.79 Å². The van der Waals surface area contributed by atoms with Crippen LogP contribution in [-0.2, 0) is 4.79 Å². The lowest BCUT2D eigenvalue weighted by Gasteiger charge is -2.30. The third kappa shape index (κ3) is 2.99. The molecule has 0 saturated carbocycles. The first-order valence-electron chi connectivity index (χ1n) is 5.07. The highest BCUT2D eigenvalue weighted by Gasteiger charge is 2.30. The molecule has 0 spiro atoms. The van der Waals surface area contributed by atoms with Crippen molar-refractivity contribution in [2.75, 3.05) is 6.54 Å². The second-order valence-corrected chi connectivity index (χ2v) is 4.28. The van der Waals surface area contributed by atoms with Gasteiger partial charge in [0.05, 0.1) is 5.92 Å². The number of hydrogen-bond donors (Lipinski definition) is 2. The molecule has 0 aromatic rings. The van der Waals surface area contributed by atoms with E-state index in [0.29, 0.717) is 5.92 Å². The van der Waals surface area contributed by atoms with E-state index in [4.69, 9.17) is 5.11 Å². The molecule has 3 nitrogen and oxygen atoms in total. The average molecular weight is 185 g/mol. The summed E-state index contributed by atoms with van der Waals surface area (Å²) < 4.78 is 0. The molecule has 3 heteroatoms. The fourth-order valence-corrected chi connectivity index (χ4v) is 2.00. The van der Waals surface area contributed by atoms with Crippen molar-refractivity contribution in [1.29, 1.82) is 0 Å². The normalized spacial score (nSPS) is 29.2. The van der Waals surface area contributed by atoms with Crippen LogP contribution in [0.5, 0.6) is 0 Å². The fourth-order valence-electron chi connectivity index (χ4n) is 2.00. The SMILES string of the molecule is CC(C)C[C@@H]1NCCC[C@H]1C(=O)O. The summed E-state index contributed by atoms with van der Waals surface area (Å²) in [7, 11) is 0. The van der Waals surface area contributed by atoms with Crippen LogP contribution in [0.1, 0.15) is 33.1 Å². The summed E-state index contributed by atoms with van der Waals surface area (Å²) in [5.74, 6) is -0.244. The minimum atomic E-state index is -0.641. The molecule has 0 amide bonds. The Morgan fingerprint density at radius 3 is 2.85 bits per heavy atom. The van der Waals surface area contributed by atoms with Gasteiger partial charge < -0.3 is 10.4 Å². The van der Waals surface area contributed by atoms with Crippen LogP contribution in [0.4, 0.5) is 0 Å². The van der Waals surface area contributed by atoms with Gasteiger partial charge in [0.25, 0.3) is 0 Å². The first-order valence-corrected chi connectivity index (χ1v) is 5.07. The predicted octanol–water partition coefficient (Wildman–Crippen LogP) is 1.49. The summed E-state index contributed by atoms with van der Waals surface area (Å²) >= 11 is 0. The molecule has 0 unspecified atom stereocenters. The van der Waals surface area contributed by atoms with Gasteiger partial charge in [-0.15, -0.1) is 0 Å². The van der Waals surface area contributed by atoms with Crippen molar-refractivity contribution < 1.29 is 9.90 Å². The Balaban J connectivity index is 2.51. The summed E-state index contributed by atoms with van der Waals surface area (Å²) in [6.07, 6.45) is 2.79. The number of carboxylic acids is 1. The zero-order chi connectivity index (χ0) is 9.84. The topological polar surface area (TPSA) is 49.3 Å². The largest absolute Gasteiger partial charge is 0.481 e. The zero-order valence-electron chi connectivity index (χ0n) is 8.42. The van der Waals surface area contributed by atoms with E-state index in [-0.39, 0.29) is 12.0 Å². The smallest absolute Gasteiger partial charge is 0.308 e. The van der Waals surface area contributed by atoms with E-state index in [0.717, 1.165) is 25.8 Å². The third-order valence-electron chi connectivity index (χ3n) is 2.63. The highest BCUT2D eigenvalue weighted by Crippen LogP contribution is 2.21. The van der Waals surface area contributed by atoms with Gasteiger partial charge in [-0.25, -0.2) is 0 Å². The molecule has 0 bridgehead atoms. The molecule has 13 heavy (non-hydrogen) atoms. The molecular formula is C10H19NO2. The summed E-state index contributed by atoms with van der Waals surface area (Å²) in [5.41, 5.74) is 0. The monoisotopic (exact) mass is 185 g/mol. The van der Waals surface area contributed by atoms with Gasteiger partial charge in [0.15, 0.2) is 0 Å². The molecule has 76 valence electrons. The second kappa shape index (κ2) is 4.61. The number of hydrogen-bond acceptors (Lipinski definition) is 2. The van der Waals surface area contributed by atoms with Crippen LogP contribution in [0.3, 0.4) is 0 Å². The van der Waals surface area contributed by atoms with Gasteiger partial charge in [-0.3, -0.25) is 4.79 Å². The van der Waals surface area contributed by atoms with Crippen LogP contribution in [-0.4, -0.2) is 23.7 Å². The van der Waals surface area contributed by atoms with Crippen LogP contribution in [0.15, 0.2) is 0 Å². The van der Waals surface area contributed by atoms with Crippen LogP contribution in [0.2, 0.25) is 0 Å². The van der Waals surface area contributed by atoms with Crippen LogP contribution in [0.25, 0.3) is 0 Å². The number of carbonyl (C=O) groups is 1. The number of nitrogens with one attached hydrogen (secondary N) is 1. The van der Waals surface area contributed by atoms with Crippen molar-refractivity contribution in [3.05, 3.63) is 0 Å². The number of carboxylic acid groups (broad SMARTS) is 1. The molecule has 1 saturated heterocycles. The average Bonchev–Trinajstić information content (AvgIpc) is 2.03. The Morgan fingerprint density at radius 1 is 1.62 bits per heavy atom. The van der Waals surface area contributed by atoms with Gasteiger partial charge in [-0.2, -0.15) is 0 Å². The summed E-state index contributed by atoms with van der Waals surface area (Å²) in [6.45, 7) is 5.24. The van der Waals surface area contributed by atoms with E-state index >= 15 is 0 Å². The molecule has 0 aromatic heterocycles. The first kappa shape index (κ1) is 10.5. The van der Waals surface area contributed by atoms with E-state index < -0.39 is 5.97 Å². The third-order valence-corrected chi connectivity index (χ3v) is 2.63. The maximum atomic E-state index is 10.9. The molecule has 1 aliphatic rings. The molecule has 0 aliphatic carbocycles. The molecule has 0 radical (unpaired) electrons. The van der Waals surface area contributed by atoms with Gasteiger partial charge in [-0.05, 0) is 31.7 Å². The van der Waals surface area contributed by atoms with Gasteiger partial charge in [0.1, 0.15) is 0 Å². The minimum absolute atomic E-state index is 0.170. The van der Waals surface area contributed by atoms with E-state index in [1.54, 1.807) is 0 Å². The Bertz CT molecular complexity index is 180. The first-order chi connectivity index (χ1) is 6.11. The number of piperidine rings is 1. The van der Waals surface area contributed by atoms with Crippen LogP contribution >= 0.6 is 0 Å². The predicted molar refractivity (Wildman–Crippen MR) is 51.6 cm³/mol. The number of rotatable bonds is 3. The van der Waals surface area contributed by atoms with Crippen LogP contribution in [0, 0.1) is 11.8 Å². The minimum Gasteiger partial charge on any atom is -0.481 e. The van der Waals surface area contributed by atoms with Crippen molar-refractivity contribution in [3.63, 3.8) is 0 Å². The standard InChI is InChI=1S/C10H19NO2/c1-7(2)6-9-8(10(12)13)4-3-5-11-9/h7-9,11H,3-6H2,1-2H3,(H,12,13)/t8-,9+/m1/s1. The molecule has 0 aromatic carbocycles. The lowest BCUT2D eigenvalue weighted by atomic mass is 9.86. The molecule has 2 atom stereocenters. The molecule has 1 aliphatic heterocycles. The van der Waals surface area contributed by atoms with Crippen LogP contribution < -0.4 is 5.32 Å². The van der Waals surface area contributed by atoms with Gasteiger partial charge in [-0.1, -0.05) is 13.8 Å². The van der Waals surface area contributed by atoms with Gasteiger partial charge >= 0.3 is 5.97 Å². The van der Waals surface area contributed by atoms with E-state index in [2.05, 4.69) is 19.2 Å². The fraction of sp³-hybridized carbons (Fsp3) is 0.900. The summed E-state index contributed by atoms with van der Waals surface area (Å²) in [6, 6.07) is 0.186. The molecular weight excluding hydrogens is 166 g/mol. The summed E-state index contributed by atoms with van der Waals surface area (Å²) in [4.78, 5) is 10.9. The highest BCUT2D eigenvalue weighted by molar-refractivity contribution is 5.71. The molecule has 2 N–H and O–H groups in total. The number of aliphatic carboxylic acids is 1. The van der Waals surface area contributed by atoms with Gasteiger partial charge in [0, 0.05) is 6.04 Å². The molecule has 1 rings (SSSR count). The van der Waals surface area contributed by atoms with Gasteiger partial charge in [0.2, 0.25) is 0 Å². The maximum absolute atomic E-state index is 10.9. The maximum Gasteiger partial charge on any atom is 0.308 e. The quantitative estimate of drug-likeness (QED) is 0.700. The van der Waals surface area contributed by atoms with Crippen molar-refractivity contribution >= 4 is 5.97 Å². The Kier molecular flexibility index (Phi) is 3.72. The van der Waals surface area contributed by atoms with Crippen molar-refractivity contribution in [3.8, 4) is 0 Å². The van der Waals surface area contributed by atoms with E-state index in [1.165, 1.54) is 0 Å². The highest BCUT2D eigenvalue weighted by atomic mass is 16.4. The van der Waals surface area contributed by atoms with Crippen molar-refractivity contribution in [2.24, 2.45) is 11.8 Å². The Hall–Kier alpha value is -0.570. The van der Waals surface area contributed by atoms with Crippen molar-refractivity contribution in [1.82, 2.24) is 5.32 Å². The second-order valence-electron chi connectivity index (χ2n) is 4.28. The Morgan fingerprint density at radius 2 is 2.31 bits per heavy atom. The summed E-state index contributed by atoms with van der Waals surface area (Å²) in [5, 5.41) is 12.3. The Labute approximate surface area is 79.5 Å². The molecule has 1 fully saturated rings. The molecule has 1 heterocycles. The lowest BCUT2D eigenvalue weighted by molar-refractivity contribution is -0.143. The lowest BCUT2D eigenvalue weighted by Crippen LogP contribution is -2.45. The zero-order valence-corrected chi connectivity index (χ0v) is 8.42. The van der Waals surface area contributed by atoms with E-state index in [1.807, 2.05) is 0 Å².